The van der Waals surface area contributed by atoms with E-state index in [4.69, 9.17) is 23.8 Å². The molecule has 15 nitrogen and oxygen atoms in total. The van der Waals surface area contributed by atoms with Crippen molar-refractivity contribution in [2.75, 3.05) is 17.3 Å². The number of methoxy groups -OCH3 is 1. The monoisotopic (exact) mass is 923 g/mol. The van der Waals surface area contributed by atoms with E-state index in [2.05, 4.69) is 42.8 Å². The van der Waals surface area contributed by atoms with E-state index in [9.17, 15) is 24.0 Å². The Labute approximate surface area is 348 Å². The molecule has 1 saturated heterocycles. The fourth-order valence-corrected chi connectivity index (χ4v) is 7.06. The van der Waals surface area contributed by atoms with Crippen molar-refractivity contribution in [3.05, 3.63) is 76.5 Å². The molecular weight excluding hydrogens is 877 g/mol. The Morgan fingerprint density at radius 3 is 2.34 bits per heavy atom. The van der Waals surface area contributed by atoms with E-state index in [0.717, 1.165) is 17.5 Å². The van der Waals surface area contributed by atoms with Crippen LogP contribution in [0.3, 0.4) is 0 Å². The second kappa shape index (κ2) is 18.8. The SMILES string of the molecule is COc1ccc(COC(=O)C2=C(/C=C/CI)CSC3[C@H](NC(=O)/C(=N\OC(C)(C)C(=O)OC(C)(C)C)C4=NSC(NC(=O)OC(C)(C)C)=CC=C4)C(=O)N23)cc1. The number of amides is 3. The number of hydrogen-bond donors (Lipinski definition) is 2. The number of carbonyl (C=O) groups excluding carboxylic acids is 5. The van der Waals surface area contributed by atoms with Gasteiger partial charge in [0.2, 0.25) is 5.60 Å². The van der Waals surface area contributed by atoms with Crippen molar-refractivity contribution in [3.8, 4) is 5.75 Å². The molecule has 0 bridgehead atoms. The number of fused-ring (bicyclic) bond motifs is 1. The first-order valence-electron chi connectivity index (χ1n) is 17.4. The first-order valence-corrected chi connectivity index (χ1v) is 20.7. The topological polar surface area (TPSA) is 184 Å². The lowest BCUT2D eigenvalue weighted by Crippen LogP contribution is -2.71. The highest BCUT2D eigenvalue weighted by Crippen LogP contribution is 2.41. The van der Waals surface area contributed by atoms with E-state index >= 15 is 0 Å². The van der Waals surface area contributed by atoms with Gasteiger partial charge < -0.3 is 29.1 Å². The van der Waals surface area contributed by atoms with Crippen LogP contribution in [0.5, 0.6) is 5.75 Å². The van der Waals surface area contributed by atoms with Crippen LogP contribution >= 0.6 is 46.3 Å². The van der Waals surface area contributed by atoms with E-state index in [1.165, 1.54) is 42.7 Å². The average molecular weight is 924 g/mol. The van der Waals surface area contributed by atoms with Crippen LogP contribution in [0.1, 0.15) is 61.0 Å². The fraction of sp³-hybridized carbons (Fsp3) is 0.447. The quantitative estimate of drug-likeness (QED) is 0.0350. The van der Waals surface area contributed by atoms with Crippen molar-refractivity contribution in [2.24, 2.45) is 9.55 Å². The summed E-state index contributed by atoms with van der Waals surface area (Å²) in [5.74, 6) is -1.79. The molecule has 1 aromatic carbocycles. The molecule has 0 radical (unpaired) electrons. The zero-order valence-electron chi connectivity index (χ0n) is 32.6. The smallest absolute Gasteiger partial charge is 0.412 e. The standard InChI is InChI=1S/C38H46IN5O10S2/c1-36(2,3)52-34(48)38(7,8)54-42-27(25-13-10-14-26(56-43-25)40-35(49)53-37(4,5)6)30(45)41-28-31(46)44-29(23(12-11-19-39)21-55-32(28)44)33(47)51-20-22-15-17-24(50-9)18-16-22/h10-18,28,32H,19-21H2,1-9H3,(H,40,49)(H,41,45)/b12-11+,42-27-/t28-,32?/m1/s1. The van der Waals surface area contributed by atoms with Gasteiger partial charge in [-0.2, -0.15) is 0 Å². The second-order valence-electron chi connectivity index (χ2n) is 14.8. The summed E-state index contributed by atoms with van der Waals surface area (Å²) in [6.45, 7) is 13.1. The summed E-state index contributed by atoms with van der Waals surface area (Å²) in [7, 11) is 1.56. The molecule has 3 aliphatic rings. The number of alkyl halides is 1. The van der Waals surface area contributed by atoms with Crippen molar-refractivity contribution in [2.45, 2.75) is 90.2 Å². The molecule has 3 amide bonds. The highest BCUT2D eigenvalue weighted by molar-refractivity contribution is 14.1. The molecule has 1 fully saturated rings. The number of esters is 2. The summed E-state index contributed by atoms with van der Waals surface area (Å²) in [6, 6.07) is 5.98. The second-order valence-corrected chi connectivity index (χ2v) is 17.6. The number of nitrogens with one attached hydrogen (secondary N) is 2. The third-order valence-electron chi connectivity index (χ3n) is 7.50. The van der Waals surface area contributed by atoms with Crippen LogP contribution < -0.4 is 15.4 Å². The lowest BCUT2D eigenvalue weighted by molar-refractivity contribution is -0.179. The van der Waals surface area contributed by atoms with Crippen molar-refractivity contribution >= 4 is 87.6 Å². The minimum atomic E-state index is -1.64. The van der Waals surface area contributed by atoms with Gasteiger partial charge in [0.05, 0.1) is 7.11 Å². The molecule has 1 unspecified atom stereocenters. The third-order valence-corrected chi connectivity index (χ3v) is 10.0. The molecule has 1 aromatic rings. The van der Waals surface area contributed by atoms with Crippen molar-refractivity contribution in [3.63, 3.8) is 0 Å². The van der Waals surface area contributed by atoms with E-state index in [1.54, 1.807) is 85.1 Å². The normalized spacial score (nSPS) is 18.9. The molecule has 56 heavy (non-hydrogen) atoms. The molecule has 4 rings (SSSR count). The first-order chi connectivity index (χ1) is 26.2. The van der Waals surface area contributed by atoms with E-state index in [1.807, 2.05) is 6.08 Å². The van der Waals surface area contributed by atoms with Crippen molar-refractivity contribution in [1.29, 1.82) is 0 Å². The number of benzene rings is 1. The van der Waals surface area contributed by atoms with Gasteiger partial charge in [0.25, 0.3) is 11.8 Å². The zero-order valence-corrected chi connectivity index (χ0v) is 36.4. The minimum Gasteiger partial charge on any atom is -0.497 e. The number of β-lactam (4-membered cyclic amide) rings is 1. The van der Waals surface area contributed by atoms with E-state index in [0.29, 0.717) is 21.5 Å². The van der Waals surface area contributed by atoms with Gasteiger partial charge in [-0.3, -0.25) is 19.8 Å². The Hall–Kier alpha value is -4.30. The van der Waals surface area contributed by atoms with Gasteiger partial charge in [0, 0.05) is 22.1 Å². The van der Waals surface area contributed by atoms with Gasteiger partial charge in [0.1, 0.15) is 51.4 Å². The van der Waals surface area contributed by atoms with E-state index < -0.39 is 58.1 Å². The average Bonchev–Trinajstić information content (AvgIpc) is 3.35. The lowest BCUT2D eigenvalue weighted by Gasteiger charge is -2.49. The summed E-state index contributed by atoms with van der Waals surface area (Å²) in [5.41, 5.74) is -2.15. The lowest BCUT2D eigenvalue weighted by atomic mass is 10.0. The maximum Gasteiger partial charge on any atom is 0.412 e. The predicted molar refractivity (Wildman–Crippen MR) is 223 cm³/mol. The van der Waals surface area contributed by atoms with Gasteiger partial charge in [-0.1, -0.05) is 58.1 Å². The van der Waals surface area contributed by atoms with Crippen LogP contribution in [-0.2, 0) is 44.8 Å². The maximum atomic E-state index is 14.1. The van der Waals surface area contributed by atoms with Crippen LogP contribution in [0.15, 0.2) is 80.5 Å². The van der Waals surface area contributed by atoms with Gasteiger partial charge in [-0.05, 0) is 90.8 Å². The Kier molecular flexibility index (Phi) is 14.9. The summed E-state index contributed by atoms with van der Waals surface area (Å²) >= 11 is 4.38. The number of nitrogens with zero attached hydrogens (tertiary/aromatic N) is 3. The van der Waals surface area contributed by atoms with Crippen LogP contribution in [0, 0.1) is 0 Å². The summed E-state index contributed by atoms with van der Waals surface area (Å²) in [5, 5.41) is 9.04. The molecule has 3 heterocycles. The van der Waals surface area contributed by atoms with Gasteiger partial charge in [-0.15, -0.1) is 11.8 Å². The summed E-state index contributed by atoms with van der Waals surface area (Å²) < 4.78 is 26.7. The Morgan fingerprint density at radius 1 is 1.04 bits per heavy atom. The summed E-state index contributed by atoms with van der Waals surface area (Å²) in [4.78, 5) is 73.8. The molecule has 0 saturated carbocycles. The number of carbonyl (C=O) groups is 5. The van der Waals surface area contributed by atoms with Gasteiger partial charge in [0.15, 0.2) is 5.71 Å². The minimum absolute atomic E-state index is 0.00132. The largest absolute Gasteiger partial charge is 0.497 e. The Bertz CT molecular complexity index is 1890. The number of oxime groups is 1. The highest BCUT2D eigenvalue weighted by atomic mass is 127. The number of thioether (sulfide) groups is 1. The molecule has 0 aromatic heterocycles. The van der Waals surface area contributed by atoms with Crippen molar-refractivity contribution < 1.29 is 47.8 Å². The van der Waals surface area contributed by atoms with Gasteiger partial charge in [-0.25, -0.2) is 18.8 Å². The van der Waals surface area contributed by atoms with Gasteiger partial charge >= 0.3 is 18.0 Å². The number of halogens is 1. The number of allylic oxidation sites excluding steroid dienone is 5. The molecule has 0 spiro atoms. The highest BCUT2D eigenvalue weighted by Gasteiger charge is 2.54. The maximum absolute atomic E-state index is 14.1. The number of hydrogen-bond acceptors (Lipinski definition) is 14. The predicted octanol–water partition coefficient (Wildman–Crippen LogP) is 5.90. The molecule has 0 aliphatic carbocycles. The van der Waals surface area contributed by atoms with Crippen LogP contribution in [0.4, 0.5) is 4.79 Å². The Morgan fingerprint density at radius 2 is 1.71 bits per heavy atom. The van der Waals surface area contributed by atoms with E-state index in [-0.39, 0.29) is 28.8 Å². The van der Waals surface area contributed by atoms with Crippen LogP contribution in [-0.4, -0.2) is 91.7 Å². The zero-order chi connectivity index (χ0) is 41.4. The number of ether oxygens (including phenoxy) is 4. The van der Waals surface area contributed by atoms with Crippen LogP contribution in [0.25, 0.3) is 0 Å². The molecule has 302 valence electrons. The summed E-state index contributed by atoms with van der Waals surface area (Å²) in [6.07, 6.45) is 7.49. The fourth-order valence-electron chi connectivity index (χ4n) is 4.87. The van der Waals surface area contributed by atoms with Crippen molar-refractivity contribution in [1.82, 2.24) is 15.5 Å². The third kappa shape index (κ3) is 12.1. The molecular formula is C38H46IN5O10S2. The molecule has 2 N–H and O–H groups in total. The van der Waals surface area contributed by atoms with Crippen LogP contribution in [0.2, 0.25) is 0 Å². The molecule has 18 heteroatoms. The first kappa shape index (κ1) is 44.4. The number of rotatable bonds is 13. The number of alkyl carbamates (subject to hydrolysis) is 1. The molecule has 2 atom stereocenters. The Balaban J connectivity index is 1.58. The molecule has 3 aliphatic heterocycles.